The fourth-order valence-electron chi connectivity index (χ4n) is 3.14. The smallest absolute Gasteiger partial charge is 0.336 e. The Kier molecular flexibility index (Phi) is 2.27. The first-order chi connectivity index (χ1) is 10.2. The molecule has 0 aromatic heterocycles. The zero-order valence-electron chi connectivity index (χ0n) is 11.0. The number of hydrogen-bond donors (Lipinski definition) is 1. The van der Waals surface area contributed by atoms with Gasteiger partial charge in [0.1, 0.15) is 0 Å². The van der Waals surface area contributed by atoms with E-state index in [0.29, 0.717) is 11.7 Å². The largest absolute Gasteiger partial charge is 0.478 e. The van der Waals surface area contributed by atoms with Crippen LogP contribution in [0.3, 0.4) is 0 Å². The van der Waals surface area contributed by atoms with Crippen LogP contribution in [0.2, 0.25) is 0 Å². The number of carboxylic acids is 1. The second kappa shape index (κ2) is 4.03. The summed E-state index contributed by atoms with van der Waals surface area (Å²) in [6.45, 7) is 0. The third-order valence-corrected chi connectivity index (χ3v) is 4.04. The Morgan fingerprint density at radius 3 is 2.24 bits per heavy atom. The van der Waals surface area contributed by atoms with Crippen molar-refractivity contribution in [3.63, 3.8) is 0 Å². The van der Waals surface area contributed by atoms with E-state index in [-0.39, 0.29) is 11.1 Å². The van der Waals surface area contributed by atoms with Crippen molar-refractivity contribution in [2.24, 2.45) is 0 Å². The average molecular weight is 274 g/mol. The molecular weight excluding hydrogens is 264 g/mol. The maximum atomic E-state index is 11.4. The van der Waals surface area contributed by atoms with Gasteiger partial charge in [0.25, 0.3) is 0 Å². The minimum Gasteiger partial charge on any atom is -0.478 e. The zero-order valence-corrected chi connectivity index (χ0v) is 11.0. The van der Waals surface area contributed by atoms with E-state index in [9.17, 15) is 14.7 Å². The number of carbonyl (C=O) groups is 2. The molecule has 0 unspecified atom stereocenters. The van der Waals surface area contributed by atoms with Crippen LogP contribution >= 0.6 is 0 Å². The third kappa shape index (κ3) is 1.48. The number of carboxylic acid groups (broad SMARTS) is 1. The van der Waals surface area contributed by atoms with Gasteiger partial charge < -0.3 is 5.11 Å². The summed E-state index contributed by atoms with van der Waals surface area (Å²) in [7, 11) is 0. The molecule has 0 atom stereocenters. The number of hydrogen-bond acceptors (Lipinski definition) is 2. The molecule has 0 spiro atoms. The maximum Gasteiger partial charge on any atom is 0.336 e. The molecule has 21 heavy (non-hydrogen) atoms. The molecule has 4 aromatic carbocycles. The molecule has 0 bridgehead atoms. The van der Waals surface area contributed by atoms with Crippen molar-refractivity contribution in [1.29, 1.82) is 0 Å². The maximum absolute atomic E-state index is 11.4. The Labute approximate surface area is 119 Å². The summed E-state index contributed by atoms with van der Waals surface area (Å²) in [6, 6.07) is 15.3. The van der Waals surface area contributed by atoms with Gasteiger partial charge in [0, 0.05) is 5.56 Å². The number of rotatable bonds is 2. The molecule has 0 aliphatic heterocycles. The topological polar surface area (TPSA) is 54.4 Å². The van der Waals surface area contributed by atoms with E-state index in [1.165, 1.54) is 0 Å². The normalized spacial score (nSPS) is 11.4. The first kappa shape index (κ1) is 11.9. The Bertz CT molecular complexity index is 1020. The van der Waals surface area contributed by atoms with Crippen LogP contribution in [0.25, 0.3) is 32.3 Å². The molecule has 4 aromatic rings. The minimum atomic E-state index is -1.08. The van der Waals surface area contributed by atoms with E-state index in [1.54, 1.807) is 6.07 Å². The van der Waals surface area contributed by atoms with Crippen molar-refractivity contribution in [1.82, 2.24) is 0 Å². The summed E-state index contributed by atoms with van der Waals surface area (Å²) >= 11 is 0. The molecule has 100 valence electrons. The third-order valence-electron chi connectivity index (χ3n) is 4.04. The van der Waals surface area contributed by atoms with Gasteiger partial charge >= 0.3 is 5.97 Å². The molecule has 3 nitrogen and oxygen atoms in total. The first-order valence-electron chi connectivity index (χ1n) is 6.59. The molecule has 3 heteroatoms. The standard InChI is InChI=1S/C18H10O3/c19-9-15-13-7-6-11-3-1-2-10-4-5-12(17(13)16(10)11)8-14(15)18(20)21/h1-9H,(H,20,21). The van der Waals surface area contributed by atoms with E-state index >= 15 is 0 Å². The average Bonchev–Trinajstić information content (AvgIpc) is 2.51. The van der Waals surface area contributed by atoms with Gasteiger partial charge in [-0.1, -0.05) is 42.5 Å². The van der Waals surface area contributed by atoms with Crippen LogP contribution in [0.15, 0.2) is 48.5 Å². The van der Waals surface area contributed by atoms with Gasteiger partial charge in [-0.05, 0) is 38.4 Å². The number of aromatic carboxylic acids is 1. The van der Waals surface area contributed by atoms with Gasteiger partial charge in [-0.3, -0.25) is 4.79 Å². The Morgan fingerprint density at radius 1 is 0.905 bits per heavy atom. The summed E-state index contributed by atoms with van der Waals surface area (Å²) in [5.74, 6) is -1.08. The predicted octanol–water partition coefficient (Wildman–Crippen LogP) is 4.09. The lowest BCUT2D eigenvalue weighted by atomic mass is 9.90. The van der Waals surface area contributed by atoms with Gasteiger partial charge in [-0.2, -0.15) is 0 Å². The van der Waals surface area contributed by atoms with Crippen LogP contribution < -0.4 is 0 Å². The Morgan fingerprint density at radius 2 is 1.57 bits per heavy atom. The second-order valence-corrected chi connectivity index (χ2v) is 5.12. The van der Waals surface area contributed by atoms with E-state index < -0.39 is 5.97 Å². The van der Waals surface area contributed by atoms with Crippen molar-refractivity contribution in [2.75, 3.05) is 0 Å². The highest BCUT2D eigenvalue weighted by Crippen LogP contribution is 2.36. The van der Waals surface area contributed by atoms with Crippen molar-refractivity contribution in [2.45, 2.75) is 0 Å². The van der Waals surface area contributed by atoms with E-state index in [4.69, 9.17) is 0 Å². The van der Waals surface area contributed by atoms with Crippen molar-refractivity contribution < 1.29 is 14.7 Å². The van der Waals surface area contributed by atoms with E-state index in [0.717, 1.165) is 26.9 Å². The van der Waals surface area contributed by atoms with Gasteiger partial charge in [-0.25, -0.2) is 4.79 Å². The highest BCUT2D eigenvalue weighted by atomic mass is 16.4. The molecule has 0 saturated carbocycles. The molecule has 0 aliphatic rings. The van der Waals surface area contributed by atoms with Crippen LogP contribution in [-0.2, 0) is 0 Å². The highest BCUT2D eigenvalue weighted by molar-refractivity contribution is 6.27. The minimum absolute atomic E-state index is 0.0517. The summed E-state index contributed by atoms with van der Waals surface area (Å²) in [5, 5.41) is 15.1. The van der Waals surface area contributed by atoms with Crippen LogP contribution in [0.5, 0.6) is 0 Å². The lowest BCUT2D eigenvalue weighted by Crippen LogP contribution is -2.03. The molecule has 4 rings (SSSR count). The fourth-order valence-corrected chi connectivity index (χ4v) is 3.14. The molecule has 0 saturated heterocycles. The lowest BCUT2D eigenvalue weighted by molar-refractivity contribution is 0.0694. The number of benzene rings is 4. The summed E-state index contributed by atoms with van der Waals surface area (Å²) in [6.07, 6.45) is 0.634. The Hall–Kier alpha value is -2.94. The Balaban J connectivity index is 2.36. The SMILES string of the molecule is O=Cc1c(C(=O)O)cc2ccc3cccc4ccc1c2c34. The molecule has 0 fully saturated rings. The monoisotopic (exact) mass is 274 g/mol. The highest BCUT2D eigenvalue weighted by Gasteiger charge is 2.17. The fraction of sp³-hybridized carbons (Fsp3) is 0. The van der Waals surface area contributed by atoms with Crippen molar-refractivity contribution in [3.05, 3.63) is 59.7 Å². The van der Waals surface area contributed by atoms with E-state index in [1.807, 2.05) is 42.5 Å². The zero-order chi connectivity index (χ0) is 14.6. The van der Waals surface area contributed by atoms with Crippen LogP contribution in [-0.4, -0.2) is 17.4 Å². The molecular formula is C18H10O3. The second-order valence-electron chi connectivity index (χ2n) is 5.12. The number of carbonyl (C=O) groups excluding carboxylic acids is 1. The van der Waals surface area contributed by atoms with Gasteiger partial charge in [0.2, 0.25) is 0 Å². The summed E-state index contributed by atoms with van der Waals surface area (Å²) < 4.78 is 0. The van der Waals surface area contributed by atoms with Gasteiger partial charge in [0.05, 0.1) is 5.56 Å². The predicted molar refractivity (Wildman–Crippen MR) is 82.5 cm³/mol. The molecule has 0 amide bonds. The van der Waals surface area contributed by atoms with Gasteiger partial charge in [-0.15, -0.1) is 0 Å². The van der Waals surface area contributed by atoms with E-state index in [2.05, 4.69) is 0 Å². The first-order valence-corrected chi connectivity index (χ1v) is 6.59. The van der Waals surface area contributed by atoms with Gasteiger partial charge in [0.15, 0.2) is 6.29 Å². The molecule has 0 aliphatic carbocycles. The van der Waals surface area contributed by atoms with Crippen LogP contribution in [0.4, 0.5) is 0 Å². The van der Waals surface area contributed by atoms with Crippen molar-refractivity contribution >= 4 is 44.6 Å². The summed E-state index contributed by atoms with van der Waals surface area (Å²) in [4.78, 5) is 22.8. The van der Waals surface area contributed by atoms with Crippen LogP contribution in [0, 0.1) is 0 Å². The molecule has 0 radical (unpaired) electrons. The molecule has 0 heterocycles. The quantitative estimate of drug-likeness (QED) is 0.442. The lowest BCUT2D eigenvalue weighted by Gasteiger charge is -2.13. The van der Waals surface area contributed by atoms with Crippen molar-refractivity contribution in [3.8, 4) is 0 Å². The number of aldehydes is 1. The summed E-state index contributed by atoms with van der Waals surface area (Å²) in [5.41, 5.74) is 0.295. The molecule has 1 N–H and O–H groups in total. The van der Waals surface area contributed by atoms with Crippen LogP contribution in [0.1, 0.15) is 20.7 Å².